The summed E-state index contributed by atoms with van der Waals surface area (Å²) < 4.78 is 16.4. The second-order valence-electron chi connectivity index (χ2n) is 10.4. The summed E-state index contributed by atoms with van der Waals surface area (Å²) in [4.78, 5) is 41.7. The molecule has 1 fully saturated rings. The van der Waals surface area contributed by atoms with Crippen molar-refractivity contribution in [2.24, 2.45) is 11.3 Å². The molecule has 3 aliphatic rings. The van der Waals surface area contributed by atoms with Gasteiger partial charge in [-0.05, 0) is 68.7 Å². The van der Waals surface area contributed by atoms with Gasteiger partial charge in [-0.2, -0.15) is 0 Å². The van der Waals surface area contributed by atoms with Crippen LogP contribution >= 0.6 is 0 Å². The molecule has 1 aliphatic carbocycles. The molecule has 8 heteroatoms. The summed E-state index contributed by atoms with van der Waals surface area (Å²) in [5.41, 5.74) is 1.92. The minimum atomic E-state index is -0.916. The number of carbonyl (C=O) groups excluding carboxylic acids is 3. The number of hydrogen-bond acceptors (Lipinski definition) is 6. The maximum atomic E-state index is 13.8. The van der Waals surface area contributed by atoms with E-state index < -0.39 is 11.3 Å². The Morgan fingerprint density at radius 1 is 1.08 bits per heavy atom. The van der Waals surface area contributed by atoms with Gasteiger partial charge < -0.3 is 24.4 Å². The van der Waals surface area contributed by atoms with Crippen LogP contribution in [0, 0.1) is 11.3 Å². The molecule has 2 amide bonds. The average molecular weight is 533 g/mol. The molecule has 0 spiro atoms. The van der Waals surface area contributed by atoms with E-state index in [1.807, 2.05) is 42.5 Å². The van der Waals surface area contributed by atoms with E-state index in [2.05, 4.69) is 17.4 Å². The molecule has 206 valence electrons. The molecule has 2 atom stereocenters. The van der Waals surface area contributed by atoms with Crippen molar-refractivity contribution >= 4 is 17.8 Å². The summed E-state index contributed by atoms with van der Waals surface area (Å²) in [6, 6.07) is 15.9. The minimum Gasteiger partial charge on any atom is -0.465 e. The molecule has 0 unspecified atom stereocenters. The SMILES string of the molecule is CCOC(=O)[C@]12CCC=C1N(Cc1ccc3c(c1)OCO3)C(=O)[C@H](CC(=O)NCCCCc1ccccc1)C2. The molecule has 1 N–H and O–H groups in total. The summed E-state index contributed by atoms with van der Waals surface area (Å²) >= 11 is 0. The van der Waals surface area contributed by atoms with Gasteiger partial charge in [0.1, 0.15) is 5.41 Å². The van der Waals surface area contributed by atoms with Crippen molar-refractivity contribution in [2.75, 3.05) is 19.9 Å². The number of likely N-dealkylation sites (tertiary alicyclic amines) is 1. The van der Waals surface area contributed by atoms with Crippen LogP contribution in [0.15, 0.2) is 60.3 Å². The van der Waals surface area contributed by atoms with Gasteiger partial charge in [-0.25, -0.2) is 0 Å². The number of esters is 1. The van der Waals surface area contributed by atoms with Crippen LogP contribution in [0.25, 0.3) is 0 Å². The number of ether oxygens (including phenoxy) is 3. The topological polar surface area (TPSA) is 94.2 Å². The average Bonchev–Trinajstić information content (AvgIpc) is 3.59. The second kappa shape index (κ2) is 11.9. The monoisotopic (exact) mass is 532 g/mol. The fraction of sp³-hybridized carbons (Fsp3) is 0.452. The predicted molar refractivity (Wildman–Crippen MR) is 145 cm³/mol. The van der Waals surface area contributed by atoms with Gasteiger partial charge in [0.25, 0.3) is 0 Å². The standard InChI is InChI=1S/C31H36N2O6/c1-2-37-30(36)31-15-8-12-27(31)33(20-23-13-14-25-26(17-23)39-21-38-25)29(35)24(19-31)18-28(34)32-16-7-6-11-22-9-4-3-5-10-22/h3-5,9-10,12-14,17,24H,2,6-8,11,15-16,18-21H2,1H3,(H,32,34)/t24-,31+/m1/s1. The number of piperidine rings is 1. The Morgan fingerprint density at radius 3 is 2.72 bits per heavy atom. The summed E-state index contributed by atoms with van der Waals surface area (Å²) in [5.74, 6) is 0.0759. The molecule has 5 rings (SSSR count). The zero-order valence-corrected chi connectivity index (χ0v) is 22.4. The number of aryl methyl sites for hydroxylation is 1. The van der Waals surface area contributed by atoms with Crippen molar-refractivity contribution in [2.45, 2.75) is 58.4 Å². The molecule has 0 aromatic heterocycles. The highest BCUT2D eigenvalue weighted by atomic mass is 16.7. The van der Waals surface area contributed by atoms with Crippen LogP contribution in [0.5, 0.6) is 11.5 Å². The van der Waals surface area contributed by atoms with Gasteiger partial charge in [0.2, 0.25) is 18.6 Å². The lowest BCUT2D eigenvalue weighted by Gasteiger charge is -2.44. The first-order valence-corrected chi connectivity index (χ1v) is 13.9. The van der Waals surface area contributed by atoms with E-state index in [4.69, 9.17) is 14.2 Å². The van der Waals surface area contributed by atoms with Gasteiger partial charge in [0.05, 0.1) is 13.2 Å². The molecule has 2 aromatic carbocycles. The third kappa shape index (κ3) is 5.79. The van der Waals surface area contributed by atoms with Crippen molar-refractivity contribution in [1.82, 2.24) is 10.2 Å². The van der Waals surface area contributed by atoms with E-state index in [0.717, 1.165) is 24.8 Å². The highest BCUT2D eigenvalue weighted by Gasteiger charge is 2.55. The molecular weight excluding hydrogens is 496 g/mol. The first-order chi connectivity index (χ1) is 19.0. The Morgan fingerprint density at radius 2 is 1.90 bits per heavy atom. The lowest BCUT2D eigenvalue weighted by Crippen LogP contribution is -2.52. The number of hydrogen-bond donors (Lipinski definition) is 1. The number of benzene rings is 2. The van der Waals surface area contributed by atoms with Crippen molar-refractivity contribution in [3.05, 3.63) is 71.4 Å². The second-order valence-corrected chi connectivity index (χ2v) is 10.4. The zero-order chi connectivity index (χ0) is 27.2. The Bertz CT molecular complexity index is 1240. The smallest absolute Gasteiger partial charge is 0.318 e. The molecule has 2 aliphatic heterocycles. The van der Waals surface area contributed by atoms with E-state index in [1.165, 1.54) is 5.56 Å². The maximum Gasteiger partial charge on any atom is 0.318 e. The molecule has 39 heavy (non-hydrogen) atoms. The van der Waals surface area contributed by atoms with Crippen LogP contribution in [0.3, 0.4) is 0 Å². The number of allylic oxidation sites excluding steroid dienone is 1. The molecule has 0 saturated carbocycles. The predicted octanol–water partition coefficient (Wildman–Crippen LogP) is 4.52. The van der Waals surface area contributed by atoms with Crippen LogP contribution in [-0.2, 0) is 32.1 Å². The highest BCUT2D eigenvalue weighted by Crippen LogP contribution is 2.51. The number of nitrogens with one attached hydrogen (secondary N) is 1. The largest absolute Gasteiger partial charge is 0.465 e. The van der Waals surface area contributed by atoms with Gasteiger partial charge in [0.15, 0.2) is 11.5 Å². The van der Waals surface area contributed by atoms with E-state index in [9.17, 15) is 14.4 Å². The normalized spacial score (nSPS) is 21.4. The summed E-state index contributed by atoms with van der Waals surface area (Å²) in [6.07, 6.45) is 6.35. The lowest BCUT2D eigenvalue weighted by atomic mass is 9.71. The van der Waals surface area contributed by atoms with Crippen LogP contribution in [0.4, 0.5) is 0 Å². The Labute approximate surface area is 229 Å². The van der Waals surface area contributed by atoms with E-state index in [1.54, 1.807) is 11.8 Å². The number of unbranched alkanes of at least 4 members (excludes halogenated alkanes) is 1. The van der Waals surface area contributed by atoms with E-state index >= 15 is 0 Å². The summed E-state index contributed by atoms with van der Waals surface area (Å²) in [7, 11) is 0. The van der Waals surface area contributed by atoms with Gasteiger partial charge in [-0.3, -0.25) is 14.4 Å². The maximum absolute atomic E-state index is 13.8. The van der Waals surface area contributed by atoms with Gasteiger partial charge >= 0.3 is 5.97 Å². The number of carbonyl (C=O) groups is 3. The van der Waals surface area contributed by atoms with Crippen molar-refractivity contribution in [3.63, 3.8) is 0 Å². The molecular formula is C31H36N2O6. The van der Waals surface area contributed by atoms with Crippen molar-refractivity contribution in [1.29, 1.82) is 0 Å². The van der Waals surface area contributed by atoms with Gasteiger partial charge in [-0.1, -0.05) is 42.5 Å². The number of fused-ring (bicyclic) bond motifs is 2. The zero-order valence-electron chi connectivity index (χ0n) is 22.4. The third-order valence-electron chi connectivity index (χ3n) is 7.83. The molecule has 2 aromatic rings. The molecule has 2 heterocycles. The number of nitrogens with zero attached hydrogens (tertiary/aromatic N) is 1. The summed E-state index contributed by atoms with van der Waals surface area (Å²) in [5, 5.41) is 2.99. The van der Waals surface area contributed by atoms with Crippen LogP contribution < -0.4 is 14.8 Å². The Kier molecular flexibility index (Phi) is 8.19. The first-order valence-electron chi connectivity index (χ1n) is 13.9. The molecule has 0 radical (unpaired) electrons. The molecule has 1 saturated heterocycles. The third-order valence-corrected chi connectivity index (χ3v) is 7.83. The molecule has 8 nitrogen and oxygen atoms in total. The van der Waals surface area contributed by atoms with Crippen LogP contribution in [0.1, 0.15) is 56.6 Å². The Balaban J connectivity index is 1.26. The summed E-state index contributed by atoms with van der Waals surface area (Å²) in [6.45, 7) is 3.05. The number of rotatable bonds is 11. The fourth-order valence-corrected chi connectivity index (χ4v) is 5.93. The van der Waals surface area contributed by atoms with Crippen molar-refractivity contribution in [3.8, 4) is 11.5 Å². The lowest BCUT2D eigenvalue weighted by molar-refractivity contribution is -0.161. The van der Waals surface area contributed by atoms with Gasteiger partial charge in [-0.15, -0.1) is 0 Å². The van der Waals surface area contributed by atoms with E-state index in [-0.39, 0.29) is 50.6 Å². The van der Waals surface area contributed by atoms with E-state index in [0.29, 0.717) is 36.6 Å². The van der Waals surface area contributed by atoms with Gasteiger partial charge in [0, 0.05) is 24.6 Å². The van der Waals surface area contributed by atoms with Crippen LogP contribution in [-0.4, -0.2) is 42.6 Å². The highest BCUT2D eigenvalue weighted by molar-refractivity contribution is 5.92. The fourth-order valence-electron chi connectivity index (χ4n) is 5.93. The van der Waals surface area contributed by atoms with Crippen LogP contribution in [0.2, 0.25) is 0 Å². The molecule has 0 bridgehead atoms. The first kappa shape index (κ1) is 26.8. The Hall–Kier alpha value is -3.81. The minimum absolute atomic E-state index is 0.0452. The number of amides is 2. The quantitative estimate of drug-likeness (QED) is 0.338. The van der Waals surface area contributed by atoms with Crippen molar-refractivity contribution < 1.29 is 28.6 Å².